The fourth-order valence-corrected chi connectivity index (χ4v) is 1.25. The van der Waals surface area contributed by atoms with E-state index >= 15 is 0 Å². The summed E-state index contributed by atoms with van der Waals surface area (Å²) in [5.74, 6) is 0.629. The first kappa shape index (κ1) is 10.3. The molecule has 3 heteroatoms. The number of hydrogen-bond acceptors (Lipinski definition) is 3. The Morgan fingerprint density at radius 3 is 2.77 bits per heavy atom. The summed E-state index contributed by atoms with van der Waals surface area (Å²) in [7, 11) is 0. The fourth-order valence-electron chi connectivity index (χ4n) is 1.25. The minimum Gasteiger partial charge on any atom is -0.467 e. The van der Waals surface area contributed by atoms with E-state index < -0.39 is 6.10 Å². The van der Waals surface area contributed by atoms with Crippen molar-refractivity contribution in [3.8, 4) is 0 Å². The Bertz CT molecular complexity index is 206. The quantitative estimate of drug-likeness (QED) is 0.663. The van der Waals surface area contributed by atoms with Gasteiger partial charge < -0.3 is 14.6 Å². The summed E-state index contributed by atoms with van der Waals surface area (Å²) in [6.07, 6.45) is 4.45. The molecule has 0 bridgehead atoms. The molecular weight excluding hydrogens is 168 g/mol. The SMILES string of the molecule is OCCCCCC(O)c1ccco1. The van der Waals surface area contributed by atoms with E-state index in [2.05, 4.69) is 0 Å². The maximum Gasteiger partial charge on any atom is 0.132 e. The molecule has 74 valence electrons. The van der Waals surface area contributed by atoms with E-state index in [1.807, 2.05) is 0 Å². The Kier molecular flexibility index (Phi) is 4.57. The van der Waals surface area contributed by atoms with Crippen LogP contribution < -0.4 is 0 Å². The molecule has 1 unspecified atom stereocenters. The summed E-state index contributed by atoms with van der Waals surface area (Å²) in [5.41, 5.74) is 0. The van der Waals surface area contributed by atoms with Gasteiger partial charge in [0.1, 0.15) is 11.9 Å². The number of aliphatic hydroxyl groups excluding tert-OH is 2. The summed E-state index contributed by atoms with van der Waals surface area (Å²) >= 11 is 0. The van der Waals surface area contributed by atoms with Crippen molar-refractivity contribution in [3.05, 3.63) is 24.2 Å². The molecule has 0 radical (unpaired) electrons. The third kappa shape index (κ3) is 3.61. The molecule has 0 saturated carbocycles. The lowest BCUT2D eigenvalue weighted by molar-refractivity contribution is 0.136. The van der Waals surface area contributed by atoms with Gasteiger partial charge in [-0.3, -0.25) is 0 Å². The van der Waals surface area contributed by atoms with Gasteiger partial charge in [-0.15, -0.1) is 0 Å². The third-order valence-electron chi connectivity index (χ3n) is 2.01. The number of unbranched alkanes of at least 4 members (excludes halogenated alkanes) is 2. The van der Waals surface area contributed by atoms with Gasteiger partial charge in [-0.25, -0.2) is 0 Å². The summed E-state index contributed by atoms with van der Waals surface area (Å²) < 4.78 is 5.05. The normalized spacial score (nSPS) is 13.1. The van der Waals surface area contributed by atoms with E-state index in [-0.39, 0.29) is 6.61 Å². The predicted octanol–water partition coefficient (Wildman–Crippen LogP) is 1.87. The molecule has 0 saturated heterocycles. The lowest BCUT2D eigenvalue weighted by Gasteiger charge is -2.06. The molecule has 2 N–H and O–H groups in total. The van der Waals surface area contributed by atoms with Crippen LogP contribution in [-0.2, 0) is 0 Å². The largest absolute Gasteiger partial charge is 0.467 e. The smallest absolute Gasteiger partial charge is 0.132 e. The van der Waals surface area contributed by atoms with E-state index in [0.29, 0.717) is 12.2 Å². The van der Waals surface area contributed by atoms with Crippen molar-refractivity contribution >= 4 is 0 Å². The molecule has 1 aromatic heterocycles. The molecule has 3 nitrogen and oxygen atoms in total. The van der Waals surface area contributed by atoms with Crippen molar-refractivity contribution in [2.24, 2.45) is 0 Å². The molecule has 0 aliphatic heterocycles. The minimum absolute atomic E-state index is 0.233. The second-order valence-electron chi connectivity index (χ2n) is 3.10. The predicted molar refractivity (Wildman–Crippen MR) is 49.2 cm³/mol. The van der Waals surface area contributed by atoms with Crippen molar-refractivity contribution in [3.63, 3.8) is 0 Å². The van der Waals surface area contributed by atoms with Crippen molar-refractivity contribution in [2.75, 3.05) is 6.61 Å². The van der Waals surface area contributed by atoms with E-state index in [4.69, 9.17) is 9.52 Å². The van der Waals surface area contributed by atoms with Gasteiger partial charge in [-0.1, -0.05) is 12.8 Å². The van der Waals surface area contributed by atoms with Gasteiger partial charge in [-0.2, -0.15) is 0 Å². The van der Waals surface area contributed by atoms with Crippen LogP contribution in [-0.4, -0.2) is 16.8 Å². The number of aliphatic hydroxyl groups is 2. The van der Waals surface area contributed by atoms with Crippen LogP contribution in [0.1, 0.15) is 37.5 Å². The summed E-state index contributed by atoms with van der Waals surface area (Å²) in [6, 6.07) is 3.54. The Hall–Kier alpha value is -0.800. The zero-order chi connectivity index (χ0) is 9.52. The van der Waals surface area contributed by atoms with Gasteiger partial charge in [0.2, 0.25) is 0 Å². The van der Waals surface area contributed by atoms with Crippen molar-refractivity contribution in [2.45, 2.75) is 31.8 Å². The molecule has 1 aromatic rings. The monoisotopic (exact) mass is 184 g/mol. The zero-order valence-corrected chi connectivity index (χ0v) is 7.65. The first-order chi connectivity index (χ1) is 6.34. The highest BCUT2D eigenvalue weighted by atomic mass is 16.4. The lowest BCUT2D eigenvalue weighted by atomic mass is 10.1. The average molecular weight is 184 g/mol. The van der Waals surface area contributed by atoms with Gasteiger partial charge in [0, 0.05) is 6.61 Å². The molecule has 0 aromatic carbocycles. The van der Waals surface area contributed by atoms with Crippen molar-refractivity contribution in [1.29, 1.82) is 0 Å². The summed E-state index contributed by atoms with van der Waals surface area (Å²) in [6.45, 7) is 0.233. The first-order valence-electron chi connectivity index (χ1n) is 4.67. The zero-order valence-electron chi connectivity index (χ0n) is 7.65. The van der Waals surface area contributed by atoms with Gasteiger partial charge >= 0.3 is 0 Å². The first-order valence-corrected chi connectivity index (χ1v) is 4.67. The fraction of sp³-hybridized carbons (Fsp3) is 0.600. The Morgan fingerprint density at radius 1 is 1.31 bits per heavy atom. The average Bonchev–Trinajstić information content (AvgIpc) is 2.65. The highest BCUT2D eigenvalue weighted by Gasteiger charge is 2.08. The van der Waals surface area contributed by atoms with E-state index in [0.717, 1.165) is 19.3 Å². The second kappa shape index (κ2) is 5.78. The highest BCUT2D eigenvalue weighted by Crippen LogP contribution is 2.19. The molecular formula is C10H16O3. The van der Waals surface area contributed by atoms with Gasteiger partial charge in [-0.05, 0) is 25.0 Å². The molecule has 0 aliphatic carbocycles. The molecule has 0 fully saturated rings. The number of hydrogen-bond donors (Lipinski definition) is 2. The van der Waals surface area contributed by atoms with E-state index in [9.17, 15) is 5.11 Å². The number of rotatable bonds is 6. The Balaban J connectivity index is 2.15. The van der Waals surface area contributed by atoms with Gasteiger partial charge in [0.05, 0.1) is 6.26 Å². The molecule has 1 atom stereocenters. The molecule has 0 aliphatic rings. The highest BCUT2D eigenvalue weighted by molar-refractivity contribution is 5.01. The topological polar surface area (TPSA) is 53.6 Å². The minimum atomic E-state index is -0.492. The van der Waals surface area contributed by atoms with E-state index in [1.54, 1.807) is 18.4 Å². The van der Waals surface area contributed by atoms with Crippen LogP contribution in [0.5, 0.6) is 0 Å². The Morgan fingerprint density at radius 2 is 2.15 bits per heavy atom. The van der Waals surface area contributed by atoms with Crippen LogP contribution in [0.15, 0.2) is 22.8 Å². The maximum atomic E-state index is 9.55. The molecule has 13 heavy (non-hydrogen) atoms. The van der Waals surface area contributed by atoms with Crippen LogP contribution in [0, 0.1) is 0 Å². The third-order valence-corrected chi connectivity index (χ3v) is 2.01. The molecule has 0 amide bonds. The van der Waals surface area contributed by atoms with Crippen molar-refractivity contribution < 1.29 is 14.6 Å². The second-order valence-corrected chi connectivity index (χ2v) is 3.10. The van der Waals surface area contributed by atoms with Gasteiger partial charge in [0.25, 0.3) is 0 Å². The molecule has 1 rings (SSSR count). The Labute approximate surface area is 78.0 Å². The summed E-state index contributed by atoms with van der Waals surface area (Å²) in [5, 5.41) is 18.1. The van der Waals surface area contributed by atoms with Crippen LogP contribution in [0.3, 0.4) is 0 Å². The molecule has 0 spiro atoms. The van der Waals surface area contributed by atoms with Crippen LogP contribution in [0.4, 0.5) is 0 Å². The lowest BCUT2D eigenvalue weighted by Crippen LogP contribution is -1.95. The van der Waals surface area contributed by atoms with E-state index in [1.165, 1.54) is 0 Å². The number of furan rings is 1. The van der Waals surface area contributed by atoms with Gasteiger partial charge in [0.15, 0.2) is 0 Å². The van der Waals surface area contributed by atoms with Crippen molar-refractivity contribution in [1.82, 2.24) is 0 Å². The molecule has 1 heterocycles. The maximum absolute atomic E-state index is 9.55. The van der Waals surface area contributed by atoms with Crippen LogP contribution >= 0.6 is 0 Å². The standard InChI is InChI=1S/C10H16O3/c11-7-3-1-2-5-9(12)10-6-4-8-13-10/h4,6,8-9,11-12H,1-3,5,7H2. The van der Waals surface area contributed by atoms with Crippen LogP contribution in [0.25, 0.3) is 0 Å². The van der Waals surface area contributed by atoms with Crippen LogP contribution in [0.2, 0.25) is 0 Å². The summed E-state index contributed by atoms with van der Waals surface area (Å²) in [4.78, 5) is 0.